The molecule has 1 saturated heterocycles. The zero-order chi connectivity index (χ0) is 9.84. The van der Waals surface area contributed by atoms with Crippen LogP contribution < -0.4 is 0 Å². The molecule has 13 heavy (non-hydrogen) atoms. The van der Waals surface area contributed by atoms with Crippen LogP contribution in [0.1, 0.15) is 20.8 Å². The third-order valence-electron chi connectivity index (χ3n) is 2.83. The highest BCUT2D eigenvalue weighted by atomic mass is 15.2. The Kier molecular flexibility index (Phi) is 4.20. The van der Waals surface area contributed by atoms with Gasteiger partial charge in [-0.3, -0.25) is 0 Å². The van der Waals surface area contributed by atoms with E-state index in [1.54, 1.807) is 0 Å². The summed E-state index contributed by atoms with van der Waals surface area (Å²) >= 11 is 0. The largest absolute Gasteiger partial charge is 0.306 e. The fourth-order valence-electron chi connectivity index (χ4n) is 2.47. The van der Waals surface area contributed by atoms with Crippen LogP contribution >= 0.6 is 0 Å². The zero-order valence-electron chi connectivity index (χ0n) is 9.58. The van der Waals surface area contributed by atoms with Crippen molar-refractivity contribution in [3.63, 3.8) is 0 Å². The van der Waals surface area contributed by atoms with Crippen LogP contribution in [-0.2, 0) is 0 Å². The van der Waals surface area contributed by atoms with Crippen LogP contribution in [0.2, 0.25) is 0 Å². The molecule has 2 unspecified atom stereocenters. The molecule has 2 heteroatoms. The van der Waals surface area contributed by atoms with Gasteiger partial charge in [-0.05, 0) is 25.4 Å². The number of rotatable bonds is 1. The van der Waals surface area contributed by atoms with Gasteiger partial charge in [0.15, 0.2) is 0 Å². The summed E-state index contributed by atoms with van der Waals surface area (Å²) in [6.07, 6.45) is 0. The fourth-order valence-corrected chi connectivity index (χ4v) is 2.47. The second kappa shape index (κ2) is 4.97. The predicted octanol–water partition coefficient (Wildman–Crippen LogP) is 1.53. The first-order chi connectivity index (χ1) is 6.11. The zero-order valence-corrected chi connectivity index (χ0v) is 9.58. The Hall–Kier alpha value is -0.0800. The molecule has 0 N–H and O–H groups in total. The number of nitrogens with zero attached hydrogens (tertiary/aromatic N) is 2. The molecule has 1 aliphatic heterocycles. The minimum absolute atomic E-state index is 0.817. The van der Waals surface area contributed by atoms with Crippen molar-refractivity contribution >= 4 is 0 Å². The van der Waals surface area contributed by atoms with E-state index in [0.717, 1.165) is 11.8 Å². The summed E-state index contributed by atoms with van der Waals surface area (Å²) in [6, 6.07) is 0. The Morgan fingerprint density at radius 2 is 1.46 bits per heavy atom. The molecule has 0 aromatic rings. The summed E-state index contributed by atoms with van der Waals surface area (Å²) in [5.74, 6) is 1.63. The smallest absolute Gasteiger partial charge is 0.00192 e. The van der Waals surface area contributed by atoms with E-state index in [9.17, 15) is 0 Å². The van der Waals surface area contributed by atoms with Crippen LogP contribution in [0.3, 0.4) is 0 Å². The first-order valence-corrected chi connectivity index (χ1v) is 5.52. The Labute approximate surface area is 82.9 Å². The van der Waals surface area contributed by atoms with Gasteiger partial charge in [0.25, 0.3) is 0 Å². The van der Waals surface area contributed by atoms with E-state index in [2.05, 4.69) is 37.6 Å². The average Bonchev–Trinajstić information content (AvgIpc) is 1.99. The monoisotopic (exact) mass is 184 g/mol. The van der Waals surface area contributed by atoms with E-state index in [-0.39, 0.29) is 0 Å². The van der Waals surface area contributed by atoms with E-state index >= 15 is 0 Å². The van der Waals surface area contributed by atoms with Crippen LogP contribution in [0, 0.1) is 11.8 Å². The second-order valence-corrected chi connectivity index (χ2v) is 4.78. The SMILES string of the molecule is CCN1CC(C)CN(C)CC(C)C1. The van der Waals surface area contributed by atoms with Gasteiger partial charge >= 0.3 is 0 Å². The lowest BCUT2D eigenvalue weighted by Crippen LogP contribution is -2.43. The van der Waals surface area contributed by atoms with Gasteiger partial charge in [-0.15, -0.1) is 0 Å². The average molecular weight is 184 g/mol. The lowest BCUT2D eigenvalue weighted by Gasteiger charge is -2.34. The highest BCUT2D eigenvalue weighted by molar-refractivity contribution is 4.73. The third kappa shape index (κ3) is 3.65. The Bertz CT molecular complexity index is 133. The predicted molar refractivity (Wildman–Crippen MR) is 57.9 cm³/mol. The van der Waals surface area contributed by atoms with E-state index in [4.69, 9.17) is 0 Å². The first kappa shape index (κ1) is 11.0. The van der Waals surface area contributed by atoms with Gasteiger partial charge in [0.2, 0.25) is 0 Å². The van der Waals surface area contributed by atoms with Crippen molar-refractivity contribution in [3.8, 4) is 0 Å². The van der Waals surface area contributed by atoms with Crippen LogP contribution in [0.15, 0.2) is 0 Å². The molecule has 0 aromatic carbocycles. The van der Waals surface area contributed by atoms with Crippen LogP contribution in [0.25, 0.3) is 0 Å². The van der Waals surface area contributed by atoms with Gasteiger partial charge < -0.3 is 9.80 Å². The Morgan fingerprint density at radius 3 is 1.85 bits per heavy atom. The summed E-state index contributed by atoms with van der Waals surface area (Å²) in [4.78, 5) is 5.06. The lowest BCUT2D eigenvalue weighted by molar-refractivity contribution is 0.134. The van der Waals surface area contributed by atoms with Crippen molar-refractivity contribution in [2.45, 2.75) is 20.8 Å². The molecule has 0 spiro atoms. The van der Waals surface area contributed by atoms with E-state index < -0.39 is 0 Å². The maximum Gasteiger partial charge on any atom is 0.00192 e. The fraction of sp³-hybridized carbons (Fsp3) is 1.00. The van der Waals surface area contributed by atoms with Crippen LogP contribution in [0.4, 0.5) is 0 Å². The normalized spacial score (nSPS) is 34.2. The third-order valence-corrected chi connectivity index (χ3v) is 2.83. The van der Waals surface area contributed by atoms with Crippen molar-refractivity contribution < 1.29 is 0 Å². The maximum atomic E-state index is 2.59. The molecule has 2 nitrogen and oxygen atoms in total. The minimum Gasteiger partial charge on any atom is -0.306 e. The molecule has 2 atom stereocenters. The van der Waals surface area contributed by atoms with Crippen LogP contribution in [-0.4, -0.2) is 49.6 Å². The molecule has 0 amide bonds. The molecular weight excluding hydrogens is 160 g/mol. The quantitative estimate of drug-likeness (QED) is 0.610. The van der Waals surface area contributed by atoms with E-state index in [1.807, 2.05) is 0 Å². The van der Waals surface area contributed by atoms with Gasteiger partial charge in [-0.2, -0.15) is 0 Å². The Balaban J connectivity index is 2.48. The van der Waals surface area contributed by atoms with Crippen molar-refractivity contribution in [2.24, 2.45) is 11.8 Å². The van der Waals surface area contributed by atoms with Crippen molar-refractivity contribution in [3.05, 3.63) is 0 Å². The van der Waals surface area contributed by atoms with E-state index in [0.29, 0.717) is 0 Å². The van der Waals surface area contributed by atoms with Crippen LogP contribution in [0.5, 0.6) is 0 Å². The lowest BCUT2D eigenvalue weighted by atomic mass is 10.0. The topological polar surface area (TPSA) is 6.48 Å². The number of hydrogen-bond acceptors (Lipinski definition) is 2. The molecule has 1 aliphatic rings. The molecule has 0 radical (unpaired) electrons. The van der Waals surface area contributed by atoms with Gasteiger partial charge in [0.1, 0.15) is 0 Å². The summed E-state index contributed by atoms with van der Waals surface area (Å²) in [5.41, 5.74) is 0. The van der Waals surface area contributed by atoms with Crippen molar-refractivity contribution in [1.82, 2.24) is 9.80 Å². The summed E-state index contributed by atoms with van der Waals surface area (Å²) in [6.45, 7) is 13.2. The molecule has 78 valence electrons. The van der Waals surface area contributed by atoms with Crippen molar-refractivity contribution in [2.75, 3.05) is 39.8 Å². The summed E-state index contributed by atoms with van der Waals surface area (Å²) < 4.78 is 0. The first-order valence-electron chi connectivity index (χ1n) is 5.52. The Morgan fingerprint density at radius 1 is 1.00 bits per heavy atom. The second-order valence-electron chi connectivity index (χ2n) is 4.78. The molecular formula is C11H24N2. The van der Waals surface area contributed by atoms with Gasteiger partial charge in [-0.1, -0.05) is 20.8 Å². The molecule has 0 bridgehead atoms. The molecule has 1 heterocycles. The molecule has 0 aliphatic carbocycles. The molecule has 0 aromatic heterocycles. The van der Waals surface area contributed by atoms with Gasteiger partial charge in [-0.25, -0.2) is 0 Å². The van der Waals surface area contributed by atoms with Gasteiger partial charge in [0, 0.05) is 26.2 Å². The standard InChI is InChI=1S/C11H24N2/c1-5-13-8-10(2)6-12(4)7-11(3)9-13/h10-11H,5-9H2,1-4H3. The molecule has 1 fully saturated rings. The number of hydrogen-bond donors (Lipinski definition) is 0. The van der Waals surface area contributed by atoms with Gasteiger partial charge in [0.05, 0.1) is 0 Å². The van der Waals surface area contributed by atoms with Crippen molar-refractivity contribution in [1.29, 1.82) is 0 Å². The highest BCUT2D eigenvalue weighted by Crippen LogP contribution is 2.11. The highest BCUT2D eigenvalue weighted by Gasteiger charge is 2.18. The summed E-state index contributed by atoms with van der Waals surface area (Å²) in [5, 5.41) is 0. The molecule has 1 rings (SSSR count). The maximum absolute atomic E-state index is 2.59. The minimum atomic E-state index is 0.817. The molecule has 0 saturated carbocycles. The summed E-state index contributed by atoms with van der Waals surface area (Å²) in [7, 11) is 2.24. The van der Waals surface area contributed by atoms with E-state index in [1.165, 1.54) is 32.7 Å².